The first kappa shape index (κ1) is 25.0. The lowest BCUT2D eigenvalue weighted by Gasteiger charge is -2.33. The Kier molecular flexibility index (Phi) is 10.1. The van der Waals surface area contributed by atoms with Crippen LogP contribution in [0.4, 0.5) is 9.59 Å². The number of hydrogen-bond acceptors (Lipinski definition) is 5. The summed E-state index contributed by atoms with van der Waals surface area (Å²) in [5.41, 5.74) is 4.20. The maximum absolute atomic E-state index is 12.0. The Labute approximate surface area is 162 Å². The fourth-order valence-corrected chi connectivity index (χ4v) is 2.37. The molecule has 0 aliphatic heterocycles. The second-order valence-electron chi connectivity index (χ2n) is 8.43. The van der Waals surface area contributed by atoms with E-state index >= 15 is 0 Å². The van der Waals surface area contributed by atoms with Gasteiger partial charge >= 0.3 is 12.2 Å². The molecule has 0 aliphatic carbocycles. The second kappa shape index (κ2) is 11.0. The summed E-state index contributed by atoms with van der Waals surface area (Å²) in [6.07, 6.45) is -0.351. The maximum atomic E-state index is 12.0. The molecule has 9 heteroatoms. The summed E-state index contributed by atoms with van der Waals surface area (Å²) in [4.78, 5) is 36.4. The van der Waals surface area contributed by atoms with Gasteiger partial charge in [-0.3, -0.25) is 4.79 Å². The fourth-order valence-electron chi connectivity index (χ4n) is 2.37. The smallest absolute Gasteiger partial charge is 0.407 e. The van der Waals surface area contributed by atoms with Gasteiger partial charge in [0, 0.05) is 37.6 Å². The van der Waals surface area contributed by atoms with Gasteiger partial charge in [-0.15, -0.1) is 0 Å². The Bertz CT molecular complexity index is 497. The van der Waals surface area contributed by atoms with Crippen molar-refractivity contribution in [1.82, 2.24) is 15.5 Å². The maximum Gasteiger partial charge on any atom is 0.407 e. The van der Waals surface area contributed by atoms with Gasteiger partial charge in [0.2, 0.25) is 5.91 Å². The highest BCUT2D eigenvalue weighted by atomic mass is 16.6. The molecule has 3 amide bonds. The van der Waals surface area contributed by atoms with Crippen LogP contribution in [-0.4, -0.2) is 64.9 Å². The van der Waals surface area contributed by atoms with Gasteiger partial charge in [-0.1, -0.05) is 0 Å². The van der Waals surface area contributed by atoms with Gasteiger partial charge in [-0.05, 0) is 54.4 Å². The molecule has 0 rings (SSSR count). The molecule has 0 bridgehead atoms. The second-order valence-corrected chi connectivity index (χ2v) is 8.43. The third-order valence-electron chi connectivity index (χ3n) is 3.61. The molecular weight excluding hydrogens is 352 g/mol. The zero-order chi connectivity index (χ0) is 21.3. The average molecular weight is 389 g/mol. The first-order chi connectivity index (χ1) is 12.3. The summed E-state index contributed by atoms with van der Waals surface area (Å²) in [6, 6.07) is -0.378. The van der Waals surface area contributed by atoms with Crippen molar-refractivity contribution in [2.75, 3.05) is 19.6 Å². The van der Waals surface area contributed by atoms with E-state index in [2.05, 4.69) is 10.6 Å². The fraction of sp³-hybridized carbons (Fsp3) is 0.833. The molecule has 0 aromatic carbocycles. The highest BCUT2D eigenvalue weighted by Gasteiger charge is 2.26. The average Bonchev–Trinajstić information content (AvgIpc) is 2.45. The molecule has 0 unspecified atom stereocenters. The van der Waals surface area contributed by atoms with E-state index in [9.17, 15) is 19.5 Å². The largest absolute Gasteiger partial charge is 0.465 e. The highest BCUT2D eigenvalue weighted by molar-refractivity contribution is 5.76. The lowest BCUT2D eigenvalue weighted by atomic mass is 10.0. The van der Waals surface area contributed by atoms with Crippen LogP contribution in [0.25, 0.3) is 0 Å². The van der Waals surface area contributed by atoms with Crippen LogP contribution in [0.5, 0.6) is 0 Å². The van der Waals surface area contributed by atoms with E-state index in [0.717, 1.165) is 0 Å². The molecular formula is C18H36N4O5. The molecule has 0 heterocycles. The van der Waals surface area contributed by atoms with Gasteiger partial charge < -0.3 is 31.1 Å². The Morgan fingerprint density at radius 3 is 2.19 bits per heavy atom. The minimum atomic E-state index is -0.990. The monoisotopic (exact) mass is 388 g/mol. The number of nitrogens with two attached hydrogens (primary N) is 1. The van der Waals surface area contributed by atoms with Crippen molar-refractivity contribution in [1.29, 1.82) is 0 Å². The summed E-state index contributed by atoms with van der Waals surface area (Å²) in [6.45, 7) is 11.5. The summed E-state index contributed by atoms with van der Waals surface area (Å²) >= 11 is 0. The van der Waals surface area contributed by atoms with E-state index in [1.165, 1.54) is 4.90 Å². The molecule has 0 aromatic heterocycles. The number of rotatable bonds is 9. The summed E-state index contributed by atoms with van der Waals surface area (Å²) < 4.78 is 5.26. The van der Waals surface area contributed by atoms with Gasteiger partial charge in [0.25, 0.3) is 0 Å². The van der Waals surface area contributed by atoms with Crippen LogP contribution >= 0.6 is 0 Å². The Morgan fingerprint density at radius 1 is 1.15 bits per heavy atom. The highest BCUT2D eigenvalue weighted by Crippen LogP contribution is 2.15. The lowest BCUT2D eigenvalue weighted by Crippen LogP contribution is -2.47. The standard InChI is InChI=1S/C18H36N4O5/c1-17(2,3)22(16(25)26)11-7-8-13(12-20-14(23)9-10-19)21-15(24)27-18(4,5)6/h13H,7-12,19H2,1-6H3,(H,20,23)(H,21,24)(H,25,26)/t13-/m0/s1. The third-order valence-corrected chi connectivity index (χ3v) is 3.61. The van der Waals surface area contributed by atoms with E-state index < -0.39 is 23.3 Å². The van der Waals surface area contributed by atoms with Gasteiger partial charge in [0.15, 0.2) is 0 Å². The van der Waals surface area contributed by atoms with Crippen molar-refractivity contribution in [3.63, 3.8) is 0 Å². The summed E-state index contributed by atoms with van der Waals surface area (Å²) in [7, 11) is 0. The molecule has 0 saturated carbocycles. The van der Waals surface area contributed by atoms with Gasteiger partial charge in [-0.25, -0.2) is 9.59 Å². The van der Waals surface area contributed by atoms with Crippen molar-refractivity contribution in [2.24, 2.45) is 5.73 Å². The summed E-state index contributed by atoms with van der Waals surface area (Å²) in [5, 5.41) is 14.8. The van der Waals surface area contributed by atoms with E-state index in [4.69, 9.17) is 10.5 Å². The number of ether oxygens (including phenoxy) is 1. The van der Waals surface area contributed by atoms with Crippen LogP contribution < -0.4 is 16.4 Å². The molecule has 9 nitrogen and oxygen atoms in total. The predicted octanol–water partition coefficient (Wildman–Crippen LogP) is 1.90. The van der Waals surface area contributed by atoms with Crippen LogP contribution in [0.2, 0.25) is 0 Å². The first-order valence-electron chi connectivity index (χ1n) is 9.23. The zero-order valence-electron chi connectivity index (χ0n) is 17.4. The number of amides is 3. The minimum Gasteiger partial charge on any atom is -0.465 e. The van der Waals surface area contributed by atoms with Crippen molar-refractivity contribution in [3.05, 3.63) is 0 Å². The normalized spacial score (nSPS) is 12.9. The molecule has 0 spiro atoms. The van der Waals surface area contributed by atoms with E-state index in [-0.39, 0.29) is 31.5 Å². The van der Waals surface area contributed by atoms with Crippen LogP contribution in [0, 0.1) is 0 Å². The topological polar surface area (TPSA) is 134 Å². The molecule has 0 fully saturated rings. The SMILES string of the molecule is CC(C)(C)OC(=O)N[C@@H](CCCN(C(=O)O)C(C)(C)C)CNC(=O)CCN. The predicted molar refractivity (Wildman–Crippen MR) is 104 cm³/mol. The molecule has 0 radical (unpaired) electrons. The summed E-state index contributed by atoms with van der Waals surface area (Å²) in [5.74, 6) is -0.199. The molecule has 0 aliphatic rings. The van der Waals surface area contributed by atoms with Crippen LogP contribution in [-0.2, 0) is 9.53 Å². The van der Waals surface area contributed by atoms with Crippen LogP contribution in [0.1, 0.15) is 60.8 Å². The number of alkyl carbamates (subject to hydrolysis) is 1. The molecule has 27 heavy (non-hydrogen) atoms. The number of carboxylic acid groups (broad SMARTS) is 1. The van der Waals surface area contributed by atoms with Crippen molar-refractivity contribution in [3.8, 4) is 0 Å². The molecule has 158 valence electrons. The Morgan fingerprint density at radius 2 is 1.74 bits per heavy atom. The van der Waals surface area contributed by atoms with E-state index in [0.29, 0.717) is 19.4 Å². The molecule has 0 saturated heterocycles. The first-order valence-corrected chi connectivity index (χ1v) is 9.23. The van der Waals surface area contributed by atoms with Crippen molar-refractivity contribution >= 4 is 18.1 Å². The number of nitrogens with one attached hydrogen (secondary N) is 2. The van der Waals surface area contributed by atoms with E-state index in [1.54, 1.807) is 20.8 Å². The zero-order valence-corrected chi connectivity index (χ0v) is 17.4. The minimum absolute atomic E-state index is 0.199. The van der Waals surface area contributed by atoms with Crippen LogP contribution in [0.3, 0.4) is 0 Å². The van der Waals surface area contributed by atoms with Gasteiger partial charge in [0.05, 0.1) is 0 Å². The quantitative estimate of drug-likeness (QED) is 0.477. The number of carbonyl (C=O) groups excluding carboxylic acids is 2. The number of carbonyl (C=O) groups is 3. The molecule has 0 aromatic rings. The molecule has 1 atom stereocenters. The Balaban J connectivity index is 4.79. The van der Waals surface area contributed by atoms with Gasteiger partial charge in [0.1, 0.15) is 5.60 Å². The Hall–Kier alpha value is -2.03. The molecule has 5 N–H and O–H groups in total. The van der Waals surface area contributed by atoms with Crippen molar-refractivity contribution < 1.29 is 24.2 Å². The number of hydrogen-bond donors (Lipinski definition) is 4. The lowest BCUT2D eigenvalue weighted by molar-refractivity contribution is -0.121. The van der Waals surface area contributed by atoms with Gasteiger partial charge in [-0.2, -0.15) is 0 Å². The third kappa shape index (κ3) is 12.1. The van der Waals surface area contributed by atoms with Crippen molar-refractivity contribution in [2.45, 2.75) is 78.0 Å². The number of nitrogens with zero attached hydrogens (tertiary/aromatic N) is 1. The van der Waals surface area contributed by atoms with Crippen LogP contribution in [0.15, 0.2) is 0 Å². The van der Waals surface area contributed by atoms with E-state index in [1.807, 2.05) is 20.8 Å².